The highest BCUT2D eigenvalue weighted by Crippen LogP contribution is 2.14. The number of hydrogen-bond acceptors (Lipinski definition) is 9. The SMILES string of the molecule is C[C@H](N)C(=O)N[C@@H](C)C(=O)N[C@@H](C)C(=O)N[C@@H](C)C(=O)N(C(=O)C(C)(C)N)[C@@H](C)C(=O)N[C@@H](C)C(=O)Nc1ccc(I)cc1. The van der Waals surface area contributed by atoms with Crippen molar-refractivity contribution >= 4 is 69.6 Å². The van der Waals surface area contributed by atoms with E-state index in [1.54, 1.807) is 24.3 Å². The van der Waals surface area contributed by atoms with Gasteiger partial charge in [-0.15, -0.1) is 0 Å². The first-order chi connectivity index (χ1) is 20.2. The zero-order valence-electron chi connectivity index (χ0n) is 26.1. The Labute approximate surface area is 270 Å². The Morgan fingerprint density at radius 3 is 1.55 bits per heavy atom. The molecule has 9 N–H and O–H groups in total. The molecule has 0 aliphatic heterocycles. The van der Waals surface area contributed by atoms with E-state index in [-0.39, 0.29) is 0 Å². The van der Waals surface area contributed by atoms with Crippen molar-refractivity contribution in [2.24, 2.45) is 11.5 Å². The number of hydrogen-bond donors (Lipinski definition) is 7. The molecular formula is C28H43IN8O7. The minimum atomic E-state index is -1.58. The summed E-state index contributed by atoms with van der Waals surface area (Å²) in [6, 6.07) is 0.210. The van der Waals surface area contributed by atoms with Gasteiger partial charge in [0.25, 0.3) is 5.91 Å². The summed E-state index contributed by atoms with van der Waals surface area (Å²) < 4.78 is 0.968. The molecule has 0 saturated heterocycles. The number of nitrogens with zero attached hydrogens (tertiary/aromatic N) is 1. The summed E-state index contributed by atoms with van der Waals surface area (Å²) in [4.78, 5) is 90.1. The second kappa shape index (κ2) is 16.4. The molecule has 0 saturated carbocycles. The Bertz CT molecular complexity index is 1250. The fourth-order valence-electron chi connectivity index (χ4n) is 3.50. The summed E-state index contributed by atoms with van der Waals surface area (Å²) in [6.07, 6.45) is 0. The van der Waals surface area contributed by atoms with E-state index < -0.39 is 83.1 Å². The number of nitrogens with two attached hydrogens (primary N) is 2. The minimum Gasteiger partial charge on any atom is -0.343 e. The zero-order chi connectivity index (χ0) is 34.1. The highest BCUT2D eigenvalue weighted by atomic mass is 127. The van der Waals surface area contributed by atoms with Gasteiger partial charge < -0.3 is 38.1 Å². The third kappa shape index (κ3) is 11.5. The van der Waals surface area contributed by atoms with E-state index in [1.165, 1.54) is 55.4 Å². The maximum absolute atomic E-state index is 13.5. The third-order valence-electron chi connectivity index (χ3n) is 6.28. The Balaban J connectivity index is 2.98. The number of imide groups is 1. The van der Waals surface area contributed by atoms with Gasteiger partial charge in [-0.05, 0) is 102 Å². The van der Waals surface area contributed by atoms with Crippen molar-refractivity contribution in [3.05, 3.63) is 27.8 Å². The summed E-state index contributed by atoms with van der Waals surface area (Å²) in [6.45, 7) is 10.9. The van der Waals surface area contributed by atoms with Crippen LogP contribution in [0.1, 0.15) is 55.4 Å². The number of carbonyl (C=O) groups excluding carboxylic acids is 7. The monoisotopic (exact) mass is 730 g/mol. The van der Waals surface area contributed by atoms with Gasteiger partial charge in [-0.1, -0.05) is 0 Å². The quantitative estimate of drug-likeness (QED) is 0.124. The Morgan fingerprint density at radius 2 is 1.09 bits per heavy atom. The average molecular weight is 731 g/mol. The molecule has 0 fully saturated rings. The molecule has 0 radical (unpaired) electrons. The van der Waals surface area contributed by atoms with E-state index in [2.05, 4.69) is 49.2 Å². The zero-order valence-corrected chi connectivity index (χ0v) is 28.3. The molecule has 1 aromatic carbocycles. The largest absolute Gasteiger partial charge is 0.343 e. The molecule has 15 nitrogen and oxygen atoms in total. The van der Waals surface area contributed by atoms with Gasteiger partial charge >= 0.3 is 0 Å². The molecule has 0 bridgehead atoms. The van der Waals surface area contributed by atoms with Crippen molar-refractivity contribution < 1.29 is 33.6 Å². The van der Waals surface area contributed by atoms with Gasteiger partial charge in [0.1, 0.15) is 30.2 Å². The Morgan fingerprint density at radius 1 is 0.682 bits per heavy atom. The van der Waals surface area contributed by atoms with Crippen LogP contribution in [0, 0.1) is 3.57 Å². The van der Waals surface area contributed by atoms with E-state index >= 15 is 0 Å². The molecule has 0 spiro atoms. The molecular weight excluding hydrogens is 687 g/mol. The molecule has 16 heteroatoms. The van der Waals surface area contributed by atoms with Crippen LogP contribution in [0.25, 0.3) is 0 Å². The molecule has 1 aromatic rings. The van der Waals surface area contributed by atoms with E-state index in [0.717, 1.165) is 3.57 Å². The fraction of sp³-hybridized carbons (Fsp3) is 0.536. The first kappa shape index (κ1) is 38.4. The van der Waals surface area contributed by atoms with Crippen LogP contribution in [-0.2, 0) is 33.6 Å². The van der Waals surface area contributed by atoms with Crippen LogP contribution in [-0.4, -0.2) is 88.0 Å². The van der Waals surface area contributed by atoms with Crippen molar-refractivity contribution in [1.29, 1.82) is 0 Å². The molecule has 0 unspecified atom stereocenters. The van der Waals surface area contributed by atoms with Crippen LogP contribution in [0.2, 0.25) is 0 Å². The maximum atomic E-state index is 13.5. The Kier molecular flexibility index (Phi) is 14.3. The smallest absolute Gasteiger partial charge is 0.252 e. The highest BCUT2D eigenvalue weighted by molar-refractivity contribution is 14.1. The molecule has 244 valence electrons. The molecule has 0 aliphatic rings. The third-order valence-corrected chi connectivity index (χ3v) is 7.00. The first-order valence-electron chi connectivity index (χ1n) is 13.9. The topological polar surface area (TPSA) is 235 Å². The van der Waals surface area contributed by atoms with E-state index in [0.29, 0.717) is 10.6 Å². The van der Waals surface area contributed by atoms with Crippen molar-refractivity contribution in [3.8, 4) is 0 Å². The van der Waals surface area contributed by atoms with Crippen molar-refractivity contribution in [2.45, 2.75) is 97.2 Å². The number of nitrogens with one attached hydrogen (secondary N) is 5. The summed E-state index contributed by atoms with van der Waals surface area (Å²) in [7, 11) is 0. The van der Waals surface area contributed by atoms with Gasteiger partial charge in [0.15, 0.2) is 0 Å². The first-order valence-corrected chi connectivity index (χ1v) is 14.9. The predicted molar refractivity (Wildman–Crippen MR) is 171 cm³/mol. The molecule has 0 aromatic heterocycles. The lowest BCUT2D eigenvalue weighted by molar-refractivity contribution is -0.155. The molecule has 7 amide bonds. The normalized spacial score (nSPS) is 15.2. The number of amides is 7. The highest BCUT2D eigenvalue weighted by Gasteiger charge is 2.40. The summed E-state index contributed by atoms with van der Waals surface area (Å²) in [5, 5.41) is 12.4. The molecule has 0 aliphatic carbocycles. The lowest BCUT2D eigenvalue weighted by Gasteiger charge is -2.34. The van der Waals surface area contributed by atoms with Gasteiger partial charge in [-0.2, -0.15) is 0 Å². The van der Waals surface area contributed by atoms with E-state index in [9.17, 15) is 33.6 Å². The van der Waals surface area contributed by atoms with Crippen molar-refractivity contribution in [3.63, 3.8) is 0 Å². The number of benzene rings is 1. The Hall–Kier alpha value is -3.64. The second-order valence-corrected chi connectivity index (χ2v) is 12.4. The van der Waals surface area contributed by atoms with Crippen molar-refractivity contribution in [1.82, 2.24) is 26.2 Å². The van der Waals surface area contributed by atoms with Crippen LogP contribution >= 0.6 is 22.6 Å². The van der Waals surface area contributed by atoms with Crippen LogP contribution in [0.15, 0.2) is 24.3 Å². The molecule has 1 rings (SSSR count). The minimum absolute atomic E-state index is 0.515. The van der Waals surface area contributed by atoms with E-state index in [1.807, 2.05) is 0 Å². The molecule has 6 atom stereocenters. The maximum Gasteiger partial charge on any atom is 0.252 e. The summed E-state index contributed by atoms with van der Waals surface area (Å²) >= 11 is 2.12. The number of halogens is 1. The van der Waals surface area contributed by atoms with Crippen LogP contribution in [0.5, 0.6) is 0 Å². The number of rotatable bonds is 13. The van der Waals surface area contributed by atoms with Gasteiger partial charge in [-0.25, -0.2) is 0 Å². The van der Waals surface area contributed by atoms with Crippen molar-refractivity contribution in [2.75, 3.05) is 5.32 Å². The summed E-state index contributed by atoms with van der Waals surface area (Å²) in [5.41, 5.74) is 10.4. The van der Waals surface area contributed by atoms with Gasteiger partial charge in [0.05, 0.1) is 11.6 Å². The lowest BCUT2D eigenvalue weighted by atomic mass is 10.0. The van der Waals surface area contributed by atoms with Crippen LogP contribution in [0.3, 0.4) is 0 Å². The van der Waals surface area contributed by atoms with Gasteiger partial charge in [-0.3, -0.25) is 38.5 Å². The molecule has 0 heterocycles. The van der Waals surface area contributed by atoms with E-state index in [4.69, 9.17) is 11.5 Å². The standard InChI is InChI=1S/C28H43IN8O7/c1-13(30)21(38)32-14(2)22(39)33-15(3)23(40)35-17(5)26(43)37(27(44)28(7,8)31)18(6)25(42)34-16(4)24(41)36-20-11-9-19(29)10-12-20/h9-18H,30-31H2,1-8H3,(H,32,38)(H,33,39)(H,34,42)(H,35,40)(H,36,41)/t13-,14-,15-,16-,17-,18-/m0/s1. The number of carbonyl (C=O) groups is 7. The predicted octanol–water partition coefficient (Wildman–Crippen LogP) is -0.923. The molecule has 44 heavy (non-hydrogen) atoms. The summed E-state index contributed by atoms with van der Waals surface area (Å²) in [5.74, 6) is -5.20. The van der Waals surface area contributed by atoms with Gasteiger partial charge in [0, 0.05) is 9.26 Å². The lowest BCUT2D eigenvalue weighted by Crippen LogP contribution is -2.63. The van der Waals surface area contributed by atoms with Crippen LogP contribution < -0.4 is 38.1 Å². The second-order valence-electron chi connectivity index (χ2n) is 11.1. The van der Waals surface area contributed by atoms with Gasteiger partial charge in [0.2, 0.25) is 35.4 Å². The average Bonchev–Trinajstić information content (AvgIpc) is 2.92. The van der Waals surface area contributed by atoms with Crippen LogP contribution in [0.4, 0.5) is 5.69 Å². The fourth-order valence-corrected chi connectivity index (χ4v) is 3.86. The number of anilines is 1.